The normalized spacial score (nSPS) is 12.2. The Hall–Kier alpha value is -2.17. The molecule has 4 nitrogen and oxygen atoms in total. The molecule has 2 aromatic rings. The fraction of sp³-hybridized carbons (Fsp3) is 0.350. The van der Waals surface area contributed by atoms with Gasteiger partial charge in [0.1, 0.15) is 0 Å². The van der Waals surface area contributed by atoms with Crippen molar-refractivity contribution in [2.75, 3.05) is 5.32 Å². The van der Waals surface area contributed by atoms with E-state index in [0.717, 1.165) is 16.8 Å². The first-order valence-corrected chi connectivity index (χ1v) is 8.31. The Morgan fingerprint density at radius 2 is 1.58 bits per heavy atom. The highest BCUT2D eigenvalue weighted by atomic mass is 16.5. The van der Waals surface area contributed by atoms with Crippen LogP contribution in [0.1, 0.15) is 31.4 Å². The van der Waals surface area contributed by atoms with E-state index in [1.54, 1.807) is 0 Å². The first-order chi connectivity index (χ1) is 11.5. The van der Waals surface area contributed by atoms with E-state index in [-0.39, 0.29) is 5.91 Å². The Balaban J connectivity index is 1.79. The van der Waals surface area contributed by atoms with Gasteiger partial charge in [-0.1, -0.05) is 56.3 Å². The molecular weight excluding hydrogens is 300 g/mol. The lowest BCUT2D eigenvalue weighted by molar-refractivity contribution is -0.117. The van der Waals surface area contributed by atoms with Gasteiger partial charge in [0.2, 0.25) is 5.91 Å². The summed E-state index contributed by atoms with van der Waals surface area (Å²) in [7, 11) is 0. The summed E-state index contributed by atoms with van der Waals surface area (Å²) >= 11 is 0. The van der Waals surface area contributed by atoms with Crippen molar-refractivity contribution in [3.8, 4) is 0 Å². The van der Waals surface area contributed by atoms with Crippen LogP contribution in [0.25, 0.3) is 0 Å². The number of ether oxygens (including phenoxy) is 1. The van der Waals surface area contributed by atoms with Crippen molar-refractivity contribution < 1.29 is 9.53 Å². The molecule has 4 heteroatoms. The van der Waals surface area contributed by atoms with Crippen LogP contribution in [0, 0.1) is 5.92 Å². The zero-order chi connectivity index (χ0) is 17.4. The lowest BCUT2D eigenvalue weighted by Gasteiger charge is -2.14. The zero-order valence-corrected chi connectivity index (χ0v) is 14.4. The van der Waals surface area contributed by atoms with E-state index in [4.69, 9.17) is 10.5 Å². The van der Waals surface area contributed by atoms with Crippen LogP contribution in [0.5, 0.6) is 0 Å². The number of carbonyl (C=O) groups excluding carboxylic acids is 1. The molecule has 0 saturated carbocycles. The van der Waals surface area contributed by atoms with E-state index in [0.29, 0.717) is 25.6 Å². The second-order valence-corrected chi connectivity index (χ2v) is 6.40. The molecule has 2 aromatic carbocycles. The molecule has 2 rings (SSSR count). The maximum absolute atomic E-state index is 12.0. The van der Waals surface area contributed by atoms with Crippen LogP contribution >= 0.6 is 0 Å². The third kappa shape index (κ3) is 6.14. The summed E-state index contributed by atoms with van der Waals surface area (Å²) in [5.74, 6) is 0.256. The summed E-state index contributed by atoms with van der Waals surface area (Å²) in [6, 6.07) is 17.3. The highest BCUT2D eigenvalue weighted by Crippen LogP contribution is 2.13. The summed E-state index contributed by atoms with van der Waals surface area (Å²) < 4.78 is 5.70. The third-order valence-electron chi connectivity index (χ3n) is 3.66. The highest BCUT2D eigenvalue weighted by molar-refractivity contribution is 5.94. The van der Waals surface area contributed by atoms with Gasteiger partial charge in [-0.25, -0.2) is 0 Å². The van der Waals surface area contributed by atoms with Crippen molar-refractivity contribution in [2.45, 2.75) is 39.5 Å². The number of hydrogen-bond acceptors (Lipinski definition) is 3. The van der Waals surface area contributed by atoms with Crippen molar-refractivity contribution in [2.24, 2.45) is 11.7 Å². The predicted molar refractivity (Wildman–Crippen MR) is 97.4 cm³/mol. The first-order valence-electron chi connectivity index (χ1n) is 8.31. The lowest BCUT2D eigenvalue weighted by Crippen LogP contribution is -2.36. The van der Waals surface area contributed by atoms with Gasteiger partial charge < -0.3 is 15.8 Å². The molecule has 0 aliphatic heterocycles. The molecule has 0 unspecified atom stereocenters. The lowest BCUT2D eigenvalue weighted by atomic mass is 10.0. The minimum atomic E-state index is -0.473. The number of hydrogen-bond donors (Lipinski definition) is 2. The summed E-state index contributed by atoms with van der Waals surface area (Å²) in [5.41, 5.74) is 8.86. The molecule has 0 bridgehead atoms. The number of nitrogens with one attached hydrogen (secondary N) is 1. The van der Waals surface area contributed by atoms with E-state index in [1.165, 1.54) is 0 Å². The number of anilines is 1. The minimum absolute atomic E-state index is 0.142. The maximum Gasteiger partial charge on any atom is 0.241 e. The van der Waals surface area contributed by atoms with Gasteiger partial charge in [0, 0.05) is 5.69 Å². The zero-order valence-electron chi connectivity index (χ0n) is 14.4. The predicted octanol–water partition coefficient (Wildman–Crippen LogP) is 3.72. The van der Waals surface area contributed by atoms with Crippen LogP contribution in [-0.2, 0) is 22.7 Å². The van der Waals surface area contributed by atoms with Crippen molar-refractivity contribution in [3.63, 3.8) is 0 Å². The molecule has 128 valence electrons. The van der Waals surface area contributed by atoms with Crippen LogP contribution in [0.2, 0.25) is 0 Å². The van der Waals surface area contributed by atoms with Crippen molar-refractivity contribution in [3.05, 3.63) is 65.7 Å². The second kappa shape index (κ2) is 9.21. The van der Waals surface area contributed by atoms with Crippen LogP contribution in [-0.4, -0.2) is 11.9 Å². The van der Waals surface area contributed by atoms with Crippen molar-refractivity contribution in [1.82, 2.24) is 0 Å². The summed E-state index contributed by atoms with van der Waals surface area (Å²) in [4.78, 5) is 12.0. The van der Waals surface area contributed by atoms with Gasteiger partial charge >= 0.3 is 0 Å². The minimum Gasteiger partial charge on any atom is -0.372 e. The Labute approximate surface area is 144 Å². The number of benzene rings is 2. The SMILES string of the molecule is CC(C)C[C@H](N)C(=O)Nc1ccc(COCc2ccccc2)cc1. The van der Waals surface area contributed by atoms with Crippen LogP contribution in [0.15, 0.2) is 54.6 Å². The second-order valence-electron chi connectivity index (χ2n) is 6.40. The van der Waals surface area contributed by atoms with Gasteiger partial charge in [-0.05, 0) is 35.6 Å². The molecular formula is C20H26N2O2. The molecule has 0 aliphatic rings. The van der Waals surface area contributed by atoms with Gasteiger partial charge in [-0.2, -0.15) is 0 Å². The van der Waals surface area contributed by atoms with Crippen LogP contribution in [0.4, 0.5) is 5.69 Å². The summed E-state index contributed by atoms with van der Waals surface area (Å²) in [5, 5.41) is 2.85. The van der Waals surface area contributed by atoms with Gasteiger partial charge in [0.15, 0.2) is 0 Å². The van der Waals surface area contributed by atoms with Crippen LogP contribution in [0.3, 0.4) is 0 Å². The van der Waals surface area contributed by atoms with Crippen molar-refractivity contribution >= 4 is 11.6 Å². The van der Waals surface area contributed by atoms with Crippen molar-refractivity contribution in [1.29, 1.82) is 0 Å². The number of carbonyl (C=O) groups is 1. The third-order valence-corrected chi connectivity index (χ3v) is 3.66. The smallest absolute Gasteiger partial charge is 0.241 e. The summed E-state index contributed by atoms with van der Waals surface area (Å²) in [6.45, 7) is 5.23. The molecule has 0 spiro atoms. The summed E-state index contributed by atoms with van der Waals surface area (Å²) in [6.07, 6.45) is 0.678. The fourth-order valence-corrected chi connectivity index (χ4v) is 2.40. The van der Waals surface area contributed by atoms with E-state index in [1.807, 2.05) is 54.6 Å². The molecule has 0 heterocycles. The molecule has 3 N–H and O–H groups in total. The van der Waals surface area contributed by atoms with E-state index in [2.05, 4.69) is 19.2 Å². The Bertz CT molecular complexity index is 624. The van der Waals surface area contributed by atoms with E-state index < -0.39 is 6.04 Å². The van der Waals surface area contributed by atoms with Gasteiger partial charge in [0.25, 0.3) is 0 Å². The Kier molecular flexibility index (Phi) is 6.97. The maximum atomic E-state index is 12.0. The molecule has 0 radical (unpaired) electrons. The molecule has 0 saturated heterocycles. The van der Waals surface area contributed by atoms with Gasteiger partial charge in [-0.15, -0.1) is 0 Å². The molecule has 1 amide bonds. The molecule has 0 aromatic heterocycles. The first kappa shape index (κ1) is 18.2. The highest BCUT2D eigenvalue weighted by Gasteiger charge is 2.14. The topological polar surface area (TPSA) is 64.4 Å². The Morgan fingerprint density at radius 1 is 1.00 bits per heavy atom. The molecule has 1 atom stereocenters. The standard InChI is InChI=1S/C20H26N2O2/c1-15(2)12-19(21)20(23)22-18-10-8-17(9-11-18)14-24-13-16-6-4-3-5-7-16/h3-11,15,19H,12-14,21H2,1-2H3,(H,22,23)/t19-/m0/s1. The quantitative estimate of drug-likeness (QED) is 0.777. The van der Waals surface area contributed by atoms with E-state index >= 15 is 0 Å². The van der Waals surface area contributed by atoms with Gasteiger partial charge in [-0.3, -0.25) is 4.79 Å². The molecule has 0 aliphatic carbocycles. The molecule has 0 fully saturated rings. The van der Waals surface area contributed by atoms with Crippen LogP contribution < -0.4 is 11.1 Å². The molecule has 24 heavy (non-hydrogen) atoms. The largest absolute Gasteiger partial charge is 0.372 e. The Morgan fingerprint density at radius 3 is 2.17 bits per heavy atom. The monoisotopic (exact) mass is 326 g/mol. The van der Waals surface area contributed by atoms with Gasteiger partial charge in [0.05, 0.1) is 19.3 Å². The average molecular weight is 326 g/mol. The average Bonchev–Trinajstić information content (AvgIpc) is 2.57. The number of rotatable bonds is 8. The van der Waals surface area contributed by atoms with E-state index in [9.17, 15) is 4.79 Å². The number of nitrogens with two attached hydrogens (primary N) is 1. The number of amides is 1. The fourth-order valence-electron chi connectivity index (χ4n) is 2.40.